The Morgan fingerprint density at radius 2 is 1.59 bits per heavy atom. The summed E-state index contributed by atoms with van der Waals surface area (Å²) in [7, 11) is 4.51. The molecule has 0 amide bonds. The monoisotopic (exact) mass is 265 g/mol. The van der Waals surface area contributed by atoms with Crippen LogP contribution < -0.4 is 19.9 Å². The number of benzene rings is 1. The zero-order valence-electron chi connectivity index (χ0n) is 10.0. The largest absolute Gasteiger partial charge is 0.493 e. The molecule has 0 aromatic heterocycles. The van der Waals surface area contributed by atoms with Crippen molar-refractivity contribution < 1.29 is 18.6 Å². The average molecular weight is 266 g/mol. The van der Waals surface area contributed by atoms with Crippen LogP contribution in [0.25, 0.3) is 0 Å². The smallest absolute Gasteiger partial charge is 0.203 e. The normalized spacial score (nSPS) is 11.4. The molecule has 2 N–H and O–H groups in total. The van der Waals surface area contributed by atoms with Gasteiger partial charge in [-0.3, -0.25) is 0 Å². The van der Waals surface area contributed by atoms with Crippen LogP contribution in [-0.2, 0) is 0 Å². The lowest BCUT2D eigenvalue weighted by atomic mass is 10.1. The Morgan fingerprint density at radius 3 is 1.88 bits per heavy atom. The number of alkyl halides is 1. The Bertz CT molecular complexity index is 338. The zero-order valence-corrected chi connectivity index (χ0v) is 10.8. The maximum absolute atomic E-state index is 12.5. The lowest BCUT2D eigenvalue weighted by Crippen LogP contribution is -2.12. The van der Waals surface area contributed by atoms with Crippen LogP contribution in [0, 0.1) is 0 Å². The van der Waals surface area contributed by atoms with E-state index in [2.05, 4.69) is 0 Å². The number of halogens is 2. The molecule has 1 aromatic rings. The summed E-state index contributed by atoms with van der Waals surface area (Å²) in [6.07, 6.45) is 0. The minimum Gasteiger partial charge on any atom is -0.493 e. The van der Waals surface area contributed by atoms with Crippen molar-refractivity contribution in [2.45, 2.75) is 6.04 Å². The van der Waals surface area contributed by atoms with Crippen molar-refractivity contribution >= 4 is 12.4 Å². The van der Waals surface area contributed by atoms with Gasteiger partial charge >= 0.3 is 0 Å². The van der Waals surface area contributed by atoms with E-state index in [9.17, 15) is 4.39 Å². The number of nitrogens with two attached hydrogens (primary N) is 1. The van der Waals surface area contributed by atoms with Crippen molar-refractivity contribution in [1.82, 2.24) is 0 Å². The first-order chi connectivity index (χ1) is 7.67. The fourth-order valence-electron chi connectivity index (χ4n) is 1.40. The van der Waals surface area contributed by atoms with Crippen LogP contribution in [0.15, 0.2) is 12.1 Å². The molecule has 0 aliphatic carbocycles. The second-order valence-corrected chi connectivity index (χ2v) is 3.22. The van der Waals surface area contributed by atoms with E-state index in [4.69, 9.17) is 19.9 Å². The predicted octanol–water partition coefficient (Wildman–Crippen LogP) is 2.10. The van der Waals surface area contributed by atoms with Crippen molar-refractivity contribution in [1.29, 1.82) is 0 Å². The lowest BCUT2D eigenvalue weighted by Gasteiger charge is -2.16. The van der Waals surface area contributed by atoms with Crippen molar-refractivity contribution in [3.8, 4) is 17.2 Å². The van der Waals surface area contributed by atoms with Crippen molar-refractivity contribution in [3.05, 3.63) is 17.7 Å². The third-order valence-electron chi connectivity index (χ3n) is 2.28. The molecule has 1 rings (SSSR count). The molecule has 0 fully saturated rings. The number of hydrogen-bond donors (Lipinski definition) is 1. The van der Waals surface area contributed by atoms with Crippen LogP contribution in [0.2, 0.25) is 0 Å². The molecule has 98 valence electrons. The maximum Gasteiger partial charge on any atom is 0.203 e. The predicted molar refractivity (Wildman–Crippen MR) is 66.2 cm³/mol. The molecular formula is C11H17ClFNO3. The van der Waals surface area contributed by atoms with Crippen LogP contribution in [0.1, 0.15) is 11.6 Å². The number of methoxy groups -OCH3 is 3. The van der Waals surface area contributed by atoms with E-state index in [-0.39, 0.29) is 12.4 Å². The molecule has 1 atom stereocenters. The van der Waals surface area contributed by atoms with Gasteiger partial charge in [-0.2, -0.15) is 0 Å². The van der Waals surface area contributed by atoms with Gasteiger partial charge in [0.1, 0.15) is 6.67 Å². The van der Waals surface area contributed by atoms with E-state index in [1.807, 2.05) is 0 Å². The highest BCUT2D eigenvalue weighted by Gasteiger charge is 2.16. The highest BCUT2D eigenvalue weighted by molar-refractivity contribution is 5.85. The molecule has 6 heteroatoms. The van der Waals surface area contributed by atoms with Gasteiger partial charge < -0.3 is 19.9 Å². The van der Waals surface area contributed by atoms with Gasteiger partial charge in [0.25, 0.3) is 0 Å². The maximum atomic E-state index is 12.5. The molecule has 0 aliphatic rings. The summed E-state index contributed by atoms with van der Waals surface area (Å²) in [6, 6.07) is 2.60. The summed E-state index contributed by atoms with van der Waals surface area (Å²) in [6.45, 7) is -0.640. The Kier molecular flexibility index (Phi) is 6.68. The quantitative estimate of drug-likeness (QED) is 0.886. The first-order valence-electron chi connectivity index (χ1n) is 4.79. The van der Waals surface area contributed by atoms with E-state index in [0.29, 0.717) is 22.8 Å². The molecule has 0 bridgehead atoms. The summed E-state index contributed by atoms with van der Waals surface area (Å²) >= 11 is 0. The van der Waals surface area contributed by atoms with E-state index in [1.54, 1.807) is 12.1 Å². The van der Waals surface area contributed by atoms with Gasteiger partial charge in [0.2, 0.25) is 5.75 Å². The Balaban J connectivity index is 0.00000256. The van der Waals surface area contributed by atoms with Crippen LogP contribution in [-0.4, -0.2) is 28.0 Å². The number of hydrogen-bond acceptors (Lipinski definition) is 4. The minimum absolute atomic E-state index is 0. The molecule has 17 heavy (non-hydrogen) atoms. The minimum atomic E-state index is -0.686. The molecule has 0 saturated heterocycles. The molecule has 4 nitrogen and oxygen atoms in total. The highest BCUT2D eigenvalue weighted by Crippen LogP contribution is 2.39. The van der Waals surface area contributed by atoms with Crippen LogP contribution in [0.5, 0.6) is 17.2 Å². The lowest BCUT2D eigenvalue weighted by molar-refractivity contribution is 0.322. The third kappa shape index (κ3) is 3.38. The molecule has 0 radical (unpaired) electrons. The Labute approximate surface area is 106 Å². The first kappa shape index (κ1) is 15.8. The van der Waals surface area contributed by atoms with Gasteiger partial charge in [-0.25, -0.2) is 4.39 Å². The summed E-state index contributed by atoms with van der Waals surface area (Å²) in [5.41, 5.74) is 6.21. The van der Waals surface area contributed by atoms with Gasteiger partial charge in [0.05, 0.1) is 27.4 Å². The molecule has 0 aliphatic heterocycles. The number of ether oxygens (including phenoxy) is 3. The SMILES string of the molecule is COc1cc([C@@H](N)CF)cc(OC)c1OC.Cl. The third-order valence-corrected chi connectivity index (χ3v) is 2.28. The summed E-state index contributed by atoms with van der Waals surface area (Å²) in [5, 5.41) is 0. The van der Waals surface area contributed by atoms with Gasteiger partial charge in [0, 0.05) is 0 Å². The topological polar surface area (TPSA) is 53.7 Å². The molecular weight excluding hydrogens is 249 g/mol. The van der Waals surface area contributed by atoms with Crippen LogP contribution in [0.4, 0.5) is 4.39 Å². The second-order valence-electron chi connectivity index (χ2n) is 3.22. The van der Waals surface area contributed by atoms with Gasteiger partial charge in [-0.15, -0.1) is 12.4 Å². The van der Waals surface area contributed by atoms with Crippen molar-refractivity contribution in [2.75, 3.05) is 28.0 Å². The standard InChI is InChI=1S/C11H16FNO3.ClH/c1-14-9-4-7(8(13)6-12)5-10(15-2)11(9)16-3;/h4-5,8H,6,13H2,1-3H3;1H/t8-;/m0./s1. The van der Waals surface area contributed by atoms with E-state index >= 15 is 0 Å². The van der Waals surface area contributed by atoms with Gasteiger partial charge in [-0.05, 0) is 17.7 Å². The summed E-state index contributed by atoms with van der Waals surface area (Å²) in [5.74, 6) is 1.42. The van der Waals surface area contributed by atoms with E-state index in [1.165, 1.54) is 21.3 Å². The van der Waals surface area contributed by atoms with Gasteiger partial charge in [0.15, 0.2) is 11.5 Å². The fraction of sp³-hybridized carbons (Fsp3) is 0.455. The molecule has 0 unspecified atom stereocenters. The van der Waals surface area contributed by atoms with Gasteiger partial charge in [-0.1, -0.05) is 0 Å². The Hall–Kier alpha value is -1.20. The zero-order chi connectivity index (χ0) is 12.1. The van der Waals surface area contributed by atoms with E-state index < -0.39 is 12.7 Å². The first-order valence-corrected chi connectivity index (χ1v) is 4.79. The highest BCUT2D eigenvalue weighted by atomic mass is 35.5. The molecule has 0 saturated carbocycles. The van der Waals surface area contributed by atoms with Crippen molar-refractivity contribution in [2.24, 2.45) is 5.73 Å². The summed E-state index contributed by atoms with van der Waals surface area (Å²) in [4.78, 5) is 0. The number of rotatable bonds is 5. The molecule has 1 aromatic carbocycles. The Morgan fingerprint density at radius 1 is 1.12 bits per heavy atom. The van der Waals surface area contributed by atoms with E-state index in [0.717, 1.165) is 0 Å². The van der Waals surface area contributed by atoms with Crippen LogP contribution >= 0.6 is 12.4 Å². The molecule has 0 spiro atoms. The second kappa shape index (κ2) is 7.19. The van der Waals surface area contributed by atoms with Crippen LogP contribution in [0.3, 0.4) is 0 Å². The summed E-state index contributed by atoms with van der Waals surface area (Å²) < 4.78 is 27.9. The average Bonchev–Trinajstić information content (AvgIpc) is 2.35. The van der Waals surface area contributed by atoms with Crippen molar-refractivity contribution in [3.63, 3.8) is 0 Å². The fourth-order valence-corrected chi connectivity index (χ4v) is 1.40. The molecule has 0 heterocycles.